The van der Waals surface area contributed by atoms with Crippen LogP contribution < -0.4 is 9.47 Å². The fourth-order valence-electron chi connectivity index (χ4n) is 2.70. The molecular weight excluding hydrogens is 296 g/mol. The Balaban J connectivity index is 1.46. The standard InChI is InChI=1S/C17H24N2O4/c1-13(10-14-4-5-15-16(11-14)23-12-22-15)18(2)17(20)21-9-8-19-6-3-7-19/h4-5,11,13H,3,6-10,12H2,1-2H3/t13-/m1/s1. The van der Waals surface area contributed by atoms with Crippen molar-refractivity contribution in [1.29, 1.82) is 0 Å². The lowest BCUT2D eigenvalue weighted by atomic mass is 10.1. The zero-order chi connectivity index (χ0) is 16.2. The third-order valence-electron chi connectivity index (χ3n) is 4.50. The van der Waals surface area contributed by atoms with E-state index in [1.807, 2.05) is 25.1 Å². The number of likely N-dealkylation sites (N-methyl/N-ethyl adjacent to an activating group) is 1. The van der Waals surface area contributed by atoms with Crippen LogP contribution in [0.2, 0.25) is 0 Å². The van der Waals surface area contributed by atoms with Crippen LogP contribution in [-0.4, -0.2) is 62.0 Å². The first-order valence-corrected chi connectivity index (χ1v) is 8.14. The Morgan fingerprint density at radius 1 is 1.35 bits per heavy atom. The molecule has 1 atom stereocenters. The lowest BCUT2D eigenvalue weighted by Crippen LogP contribution is -2.41. The van der Waals surface area contributed by atoms with Crippen molar-refractivity contribution >= 4 is 6.09 Å². The highest BCUT2D eigenvalue weighted by Gasteiger charge is 2.20. The molecule has 0 radical (unpaired) electrons. The maximum atomic E-state index is 12.1. The van der Waals surface area contributed by atoms with Crippen LogP contribution in [0.25, 0.3) is 0 Å². The first-order valence-electron chi connectivity index (χ1n) is 8.14. The first kappa shape index (κ1) is 15.9. The zero-order valence-corrected chi connectivity index (χ0v) is 13.8. The Kier molecular flexibility index (Phi) is 4.91. The summed E-state index contributed by atoms with van der Waals surface area (Å²) in [5, 5.41) is 0. The number of hydrogen-bond donors (Lipinski definition) is 0. The van der Waals surface area contributed by atoms with Crippen LogP contribution in [0.3, 0.4) is 0 Å². The van der Waals surface area contributed by atoms with E-state index in [4.69, 9.17) is 14.2 Å². The molecule has 0 bridgehead atoms. The summed E-state index contributed by atoms with van der Waals surface area (Å²) in [7, 11) is 1.78. The second-order valence-corrected chi connectivity index (χ2v) is 6.16. The van der Waals surface area contributed by atoms with Gasteiger partial charge in [-0.3, -0.25) is 4.90 Å². The summed E-state index contributed by atoms with van der Waals surface area (Å²) in [6.45, 7) is 5.82. The Morgan fingerprint density at radius 2 is 2.13 bits per heavy atom. The molecule has 0 unspecified atom stereocenters. The van der Waals surface area contributed by atoms with E-state index in [9.17, 15) is 4.79 Å². The number of hydrogen-bond acceptors (Lipinski definition) is 5. The van der Waals surface area contributed by atoms with Crippen LogP contribution in [-0.2, 0) is 11.2 Å². The molecule has 6 nitrogen and oxygen atoms in total. The largest absolute Gasteiger partial charge is 0.454 e. The van der Waals surface area contributed by atoms with Gasteiger partial charge >= 0.3 is 6.09 Å². The Bertz CT molecular complexity index is 560. The van der Waals surface area contributed by atoms with Gasteiger partial charge in [0, 0.05) is 19.6 Å². The smallest absolute Gasteiger partial charge is 0.409 e. The van der Waals surface area contributed by atoms with Gasteiger partial charge in [-0.15, -0.1) is 0 Å². The zero-order valence-electron chi connectivity index (χ0n) is 13.8. The molecular formula is C17H24N2O4. The maximum absolute atomic E-state index is 12.1. The van der Waals surface area contributed by atoms with Gasteiger partial charge in [-0.05, 0) is 50.6 Å². The van der Waals surface area contributed by atoms with E-state index in [1.54, 1.807) is 11.9 Å². The van der Waals surface area contributed by atoms with Crippen LogP contribution in [0, 0.1) is 0 Å². The van der Waals surface area contributed by atoms with Crippen LogP contribution in [0.15, 0.2) is 18.2 Å². The van der Waals surface area contributed by atoms with E-state index >= 15 is 0 Å². The predicted octanol–water partition coefficient (Wildman–Crippen LogP) is 2.12. The molecule has 23 heavy (non-hydrogen) atoms. The highest BCUT2D eigenvalue weighted by atomic mass is 16.7. The van der Waals surface area contributed by atoms with Gasteiger partial charge < -0.3 is 19.1 Å². The molecule has 1 saturated heterocycles. The predicted molar refractivity (Wildman–Crippen MR) is 85.9 cm³/mol. The second kappa shape index (κ2) is 7.08. The number of ether oxygens (including phenoxy) is 3. The molecule has 6 heteroatoms. The molecule has 2 aliphatic heterocycles. The molecule has 0 aliphatic carbocycles. The molecule has 1 aromatic carbocycles. The summed E-state index contributed by atoms with van der Waals surface area (Å²) in [6.07, 6.45) is 1.73. The van der Waals surface area contributed by atoms with Crippen molar-refractivity contribution in [3.8, 4) is 11.5 Å². The molecule has 3 rings (SSSR count). The van der Waals surface area contributed by atoms with Gasteiger partial charge in [-0.25, -0.2) is 4.79 Å². The quantitative estimate of drug-likeness (QED) is 0.803. The number of nitrogens with zero attached hydrogens (tertiary/aromatic N) is 2. The van der Waals surface area contributed by atoms with Gasteiger partial charge in [0.1, 0.15) is 6.61 Å². The minimum atomic E-state index is -0.265. The fourth-order valence-corrected chi connectivity index (χ4v) is 2.70. The van der Waals surface area contributed by atoms with Crippen LogP contribution in [0.1, 0.15) is 18.9 Å². The van der Waals surface area contributed by atoms with Crippen LogP contribution in [0.5, 0.6) is 11.5 Å². The lowest BCUT2D eigenvalue weighted by molar-refractivity contribution is 0.0765. The van der Waals surface area contributed by atoms with E-state index < -0.39 is 0 Å². The SMILES string of the molecule is C[C@H](Cc1ccc2c(c1)OCO2)N(C)C(=O)OCCN1CCC1. The van der Waals surface area contributed by atoms with E-state index in [1.165, 1.54) is 6.42 Å². The minimum Gasteiger partial charge on any atom is -0.454 e. The summed E-state index contributed by atoms with van der Waals surface area (Å²) >= 11 is 0. The number of likely N-dealkylation sites (tertiary alicyclic amines) is 1. The third kappa shape index (κ3) is 3.88. The van der Waals surface area contributed by atoms with Gasteiger partial charge in [0.2, 0.25) is 6.79 Å². The molecule has 1 aromatic rings. The van der Waals surface area contributed by atoms with E-state index in [0.29, 0.717) is 6.61 Å². The number of fused-ring (bicyclic) bond motifs is 1. The average Bonchev–Trinajstić information content (AvgIpc) is 2.96. The van der Waals surface area contributed by atoms with Crippen molar-refractivity contribution in [1.82, 2.24) is 9.80 Å². The highest BCUT2D eigenvalue weighted by molar-refractivity contribution is 5.67. The molecule has 126 valence electrons. The van der Waals surface area contributed by atoms with Gasteiger partial charge in [0.15, 0.2) is 11.5 Å². The lowest BCUT2D eigenvalue weighted by Gasteiger charge is -2.31. The monoisotopic (exact) mass is 320 g/mol. The minimum absolute atomic E-state index is 0.0480. The summed E-state index contributed by atoms with van der Waals surface area (Å²) in [5.74, 6) is 1.55. The normalized spacial score (nSPS) is 17.5. The number of benzene rings is 1. The number of carbonyl (C=O) groups is 1. The molecule has 2 aliphatic rings. The van der Waals surface area contributed by atoms with E-state index in [-0.39, 0.29) is 18.9 Å². The number of amides is 1. The van der Waals surface area contributed by atoms with Crippen molar-refractivity contribution in [3.05, 3.63) is 23.8 Å². The average molecular weight is 320 g/mol. The fraction of sp³-hybridized carbons (Fsp3) is 0.588. The molecule has 0 aromatic heterocycles. The second-order valence-electron chi connectivity index (χ2n) is 6.16. The summed E-state index contributed by atoms with van der Waals surface area (Å²) in [6, 6.07) is 5.94. The summed E-state index contributed by atoms with van der Waals surface area (Å²) in [5.41, 5.74) is 1.11. The Morgan fingerprint density at radius 3 is 2.87 bits per heavy atom. The molecule has 2 heterocycles. The Hall–Kier alpha value is -1.95. The topological polar surface area (TPSA) is 51.2 Å². The highest BCUT2D eigenvalue weighted by Crippen LogP contribution is 2.32. The summed E-state index contributed by atoms with van der Waals surface area (Å²) in [4.78, 5) is 16.0. The van der Waals surface area contributed by atoms with E-state index in [2.05, 4.69) is 4.90 Å². The van der Waals surface area contributed by atoms with Crippen molar-refractivity contribution in [3.63, 3.8) is 0 Å². The van der Waals surface area contributed by atoms with Crippen molar-refractivity contribution in [2.24, 2.45) is 0 Å². The molecule has 0 N–H and O–H groups in total. The number of rotatable bonds is 6. The van der Waals surface area contributed by atoms with Gasteiger partial charge in [0.05, 0.1) is 0 Å². The van der Waals surface area contributed by atoms with Crippen molar-refractivity contribution in [2.75, 3.05) is 40.1 Å². The molecule has 1 fully saturated rings. The molecule has 0 spiro atoms. The molecule has 1 amide bonds. The Labute approximate surface area is 136 Å². The number of carbonyl (C=O) groups excluding carboxylic acids is 1. The van der Waals surface area contributed by atoms with Gasteiger partial charge in [-0.2, -0.15) is 0 Å². The van der Waals surface area contributed by atoms with E-state index in [0.717, 1.165) is 43.1 Å². The first-order chi connectivity index (χ1) is 11.1. The third-order valence-corrected chi connectivity index (χ3v) is 4.50. The summed E-state index contributed by atoms with van der Waals surface area (Å²) < 4.78 is 16.0. The van der Waals surface area contributed by atoms with Crippen molar-refractivity contribution in [2.45, 2.75) is 25.8 Å². The van der Waals surface area contributed by atoms with Crippen LogP contribution in [0.4, 0.5) is 4.79 Å². The van der Waals surface area contributed by atoms with Gasteiger partial charge in [0.25, 0.3) is 0 Å². The maximum Gasteiger partial charge on any atom is 0.409 e. The van der Waals surface area contributed by atoms with Gasteiger partial charge in [-0.1, -0.05) is 6.07 Å². The molecule has 0 saturated carbocycles. The van der Waals surface area contributed by atoms with Crippen LogP contribution >= 0.6 is 0 Å². The van der Waals surface area contributed by atoms with Crippen molar-refractivity contribution < 1.29 is 19.0 Å².